The van der Waals surface area contributed by atoms with Gasteiger partial charge in [0.25, 0.3) is 0 Å². The van der Waals surface area contributed by atoms with Crippen LogP contribution in [0.2, 0.25) is 0 Å². The van der Waals surface area contributed by atoms with Crippen LogP contribution in [0.1, 0.15) is 0 Å². The van der Waals surface area contributed by atoms with Crippen LogP contribution < -0.4 is 0 Å². The van der Waals surface area contributed by atoms with Crippen LogP contribution in [-0.4, -0.2) is 53.3 Å². The van der Waals surface area contributed by atoms with Crippen LogP contribution in [0.5, 0.6) is 0 Å². The van der Waals surface area contributed by atoms with Gasteiger partial charge in [0.05, 0.1) is 25.3 Å². The minimum absolute atomic E-state index is 0.645. The zero-order valence-electron chi connectivity index (χ0n) is 10.7. The van der Waals surface area contributed by atoms with Gasteiger partial charge in [0.15, 0.2) is 10.4 Å². The van der Waals surface area contributed by atoms with Crippen molar-refractivity contribution < 1.29 is 4.74 Å². The molecule has 0 unspecified atom stereocenters. The summed E-state index contributed by atoms with van der Waals surface area (Å²) in [5.41, 5.74) is 1.86. The third-order valence-corrected chi connectivity index (χ3v) is 2.99. The fourth-order valence-corrected chi connectivity index (χ4v) is 1.99. The van der Waals surface area contributed by atoms with E-state index in [4.69, 9.17) is 17.0 Å². The molecule has 2 heterocycles. The van der Waals surface area contributed by atoms with E-state index >= 15 is 0 Å². The lowest BCUT2D eigenvalue weighted by atomic mass is 10.4. The molecule has 2 aromatic rings. The van der Waals surface area contributed by atoms with E-state index in [9.17, 15) is 0 Å². The zero-order chi connectivity index (χ0) is 13.0. The summed E-state index contributed by atoms with van der Waals surface area (Å²) in [5, 5.41) is 0. The lowest BCUT2D eigenvalue weighted by Gasteiger charge is -2.10. The number of imidazole rings is 1. The molecule has 0 amide bonds. The Balaban J connectivity index is 1.95. The van der Waals surface area contributed by atoms with Gasteiger partial charge in [-0.15, -0.1) is 0 Å². The molecule has 0 saturated heterocycles. The van der Waals surface area contributed by atoms with Gasteiger partial charge < -0.3 is 14.6 Å². The highest BCUT2D eigenvalue weighted by atomic mass is 32.1. The lowest BCUT2D eigenvalue weighted by Crippen LogP contribution is -2.19. The van der Waals surface area contributed by atoms with Crippen LogP contribution >= 0.6 is 12.2 Å². The van der Waals surface area contributed by atoms with Gasteiger partial charge >= 0.3 is 0 Å². The zero-order valence-corrected chi connectivity index (χ0v) is 11.5. The first-order valence-electron chi connectivity index (χ1n) is 5.94. The SMILES string of the molecule is CN(C)CCOCCn1c(=S)[nH]c2cccnc21. The van der Waals surface area contributed by atoms with Crippen molar-refractivity contribution in [2.24, 2.45) is 0 Å². The Morgan fingerprint density at radius 3 is 3.06 bits per heavy atom. The normalized spacial score (nSPS) is 11.5. The van der Waals surface area contributed by atoms with Crippen LogP contribution in [0.4, 0.5) is 0 Å². The van der Waals surface area contributed by atoms with Gasteiger partial charge in [0, 0.05) is 12.7 Å². The Kier molecular flexibility index (Phi) is 4.46. The predicted molar refractivity (Wildman–Crippen MR) is 74.3 cm³/mol. The van der Waals surface area contributed by atoms with E-state index in [2.05, 4.69) is 14.9 Å². The summed E-state index contributed by atoms with van der Waals surface area (Å²) < 4.78 is 8.24. The first kappa shape index (κ1) is 13.2. The van der Waals surface area contributed by atoms with Gasteiger partial charge in [-0.1, -0.05) is 0 Å². The Morgan fingerprint density at radius 2 is 2.28 bits per heavy atom. The maximum absolute atomic E-state index is 5.57. The van der Waals surface area contributed by atoms with E-state index < -0.39 is 0 Å². The third-order valence-electron chi connectivity index (χ3n) is 2.67. The van der Waals surface area contributed by atoms with Crippen molar-refractivity contribution in [2.75, 3.05) is 33.9 Å². The van der Waals surface area contributed by atoms with Crippen molar-refractivity contribution in [3.05, 3.63) is 23.1 Å². The smallest absolute Gasteiger partial charge is 0.179 e. The second kappa shape index (κ2) is 6.08. The molecule has 0 aliphatic heterocycles. The highest BCUT2D eigenvalue weighted by molar-refractivity contribution is 7.71. The highest BCUT2D eigenvalue weighted by Crippen LogP contribution is 2.10. The average molecular weight is 266 g/mol. The van der Waals surface area contributed by atoms with E-state index in [0.717, 1.165) is 30.9 Å². The molecule has 5 nitrogen and oxygen atoms in total. The second-order valence-electron chi connectivity index (χ2n) is 4.37. The van der Waals surface area contributed by atoms with Gasteiger partial charge in [0.1, 0.15) is 0 Å². The number of H-pyrrole nitrogens is 1. The minimum Gasteiger partial charge on any atom is -0.378 e. The largest absolute Gasteiger partial charge is 0.378 e. The Morgan fingerprint density at radius 1 is 1.44 bits per heavy atom. The molecule has 1 N–H and O–H groups in total. The van der Waals surface area contributed by atoms with E-state index in [0.29, 0.717) is 11.4 Å². The number of fused-ring (bicyclic) bond motifs is 1. The standard InChI is InChI=1S/C12H18N4OS/c1-15(2)6-8-17-9-7-16-11-10(14-12(16)18)4-3-5-13-11/h3-5H,6-9H2,1-2H3,(H,14,18). The quantitative estimate of drug-likeness (QED) is 0.638. The van der Waals surface area contributed by atoms with Crippen molar-refractivity contribution in [1.82, 2.24) is 19.4 Å². The number of nitrogens with zero attached hydrogens (tertiary/aromatic N) is 3. The second-order valence-corrected chi connectivity index (χ2v) is 4.76. The van der Waals surface area contributed by atoms with Crippen molar-refractivity contribution in [3.8, 4) is 0 Å². The fraction of sp³-hybridized carbons (Fsp3) is 0.500. The van der Waals surface area contributed by atoms with Crippen LogP contribution in [0.15, 0.2) is 18.3 Å². The molecule has 0 aliphatic rings. The van der Waals surface area contributed by atoms with Gasteiger partial charge in [-0.2, -0.15) is 0 Å². The summed E-state index contributed by atoms with van der Waals surface area (Å²) >= 11 is 5.28. The molecular weight excluding hydrogens is 248 g/mol. The third kappa shape index (κ3) is 3.16. The average Bonchev–Trinajstić information content (AvgIpc) is 2.65. The molecule has 2 aromatic heterocycles. The Labute approximate surface area is 111 Å². The first-order chi connectivity index (χ1) is 8.68. The van der Waals surface area contributed by atoms with E-state index in [1.807, 2.05) is 30.8 Å². The van der Waals surface area contributed by atoms with Gasteiger partial charge in [0.2, 0.25) is 0 Å². The maximum Gasteiger partial charge on any atom is 0.179 e. The monoisotopic (exact) mass is 266 g/mol. The number of hydrogen-bond donors (Lipinski definition) is 1. The molecule has 18 heavy (non-hydrogen) atoms. The summed E-state index contributed by atoms with van der Waals surface area (Å²) in [7, 11) is 4.06. The summed E-state index contributed by atoms with van der Waals surface area (Å²) in [6.45, 7) is 3.03. The number of pyridine rings is 1. The molecule has 6 heteroatoms. The first-order valence-corrected chi connectivity index (χ1v) is 6.35. The summed E-state index contributed by atoms with van der Waals surface area (Å²) in [4.78, 5) is 9.56. The van der Waals surface area contributed by atoms with Crippen LogP contribution in [-0.2, 0) is 11.3 Å². The molecule has 0 bridgehead atoms. The van der Waals surface area contributed by atoms with Crippen molar-refractivity contribution in [3.63, 3.8) is 0 Å². The maximum atomic E-state index is 5.57. The number of aromatic nitrogens is 3. The number of nitrogens with one attached hydrogen (secondary N) is 1. The molecule has 0 saturated carbocycles. The Hall–Kier alpha value is -1.24. The predicted octanol–water partition coefficient (Wildman–Crippen LogP) is 1.67. The topological polar surface area (TPSA) is 46.1 Å². The number of aromatic amines is 1. The number of rotatable bonds is 6. The lowest BCUT2D eigenvalue weighted by molar-refractivity contribution is 0.111. The molecule has 2 rings (SSSR count). The van der Waals surface area contributed by atoms with Gasteiger partial charge in [-0.05, 0) is 38.4 Å². The molecule has 98 valence electrons. The molecule has 0 aromatic carbocycles. The number of ether oxygens (including phenoxy) is 1. The molecule has 0 spiro atoms. The molecule has 0 radical (unpaired) electrons. The van der Waals surface area contributed by atoms with Crippen LogP contribution in [0.3, 0.4) is 0 Å². The van der Waals surface area contributed by atoms with Gasteiger partial charge in [-0.3, -0.25) is 4.57 Å². The summed E-state index contributed by atoms with van der Waals surface area (Å²) in [6.07, 6.45) is 1.77. The fourth-order valence-electron chi connectivity index (χ4n) is 1.70. The summed E-state index contributed by atoms with van der Waals surface area (Å²) in [6, 6.07) is 3.87. The number of likely N-dealkylation sites (N-methyl/N-ethyl adjacent to an activating group) is 1. The van der Waals surface area contributed by atoms with Crippen molar-refractivity contribution in [1.29, 1.82) is 0 Å². The highest BCUT2D eigenvalue weighted by Gasteiger charge is 2.04. The molecular formula is C12H18N4OS. The van der Waals surface area contributed by atoms with E-state index in [1.165, 1.54) is 0 Å². The number of hydrogen-bond acceptors (Lipinski definition) is 4. The van der Waals surface area contributed by atoms with Crippen molar-refractivity contribution >= 4 is 23.4 Å². The van der Waals surface area contributed by atoms with Crippen molar-refractivity contribution in [2.45, 2.75) is 6.54 Å². The Bertz CT molecular complexity index is 560. The summed E-state index contributed by atoms with van der Waals surface area (Å²) in [5.74, 6) is 0. The van der Waals surface area contributed by atoms with Crippen LogP contribution in [0.25, 0.3) is 11.2 Å². The minimum atomic E-state index is 0.645. The van der Waals surface area contributed by atoms with Crippen LogP contribution in [0, 0.1) is 4.77 Å². The molecule has 0 aliphatic carbocycles. The van der Waals surface area contributed by atoms with E-state index in [1.54, 1.807) is 6.20 Å². The van der Waals surface area contributed by atoms with Gasteiger partial charge in [-0.25, -0.2) is 4.98 Å². The van der Waals surface area contributed by atoms with E-state index in [-0.39, 0.29) is 0 Å². The molecule has 0 fully saturated rings. The molecule has 0 atom stereocenters.